The zero-order valence-corrected chi connectivity index (χ0v) is 18.8. The molecule has 160 valence electrons. The van der Waals surface area contributed by atoms with Crippen molar-refractivity contribution in [3.05, 3.63) is 45.1 Å². The number of likely N-dealkylation sites (N-methyl/N-ethyl adjacent to an activating group) is 1. The highest BCUT2D eigenvalue weighted by atomic mass is 35.5. The number of thiocarbonyl (C=S) groups is 1. The Bertz CT molecular complexity index is 981. The molecule has 0 aliphatic carbocycles. The maximum Gasteiger partial charge on any atom is 0.349 e. The van der Waals surface area contributed by atoms with Gasteiger partial charge in [-0.2, -0.15) is 4.98 Å². The first-order valence-corrected chi connectivity index (χ1v) is 11.1. The van der Waals surface area contributed by atoms with Gasteiger partial charge in [0.05, 0.1) is 25.1 Å². The topological polar surface area (TPSA) is 86.0 Å². The number of nitrogens with zero attached hydrogens (tertiary/aromatic N) is 6. The molecule has 12 heteroatoms. The Hall–Kier alpha value is -1.89. The van der Waals surface area contributed by atoms with Crippen LogP contribution in [0.5, 0.6) is 0 Å². The first kappa shape index (κ1) is 21.3. The van der Waals surface area contributed by atoms with Crippen molar-refractivity contribution in [2.24, 2.45) is 0 Å². The molecule has 1 atom stereocenters. The minimum atomic E-state index is -0.414. The Balaban J connectivity index is 1.42. The van der Waals surface area contributed by atoms with Gasteiger partial charge >= 0.3 is 5.00 Å². The standard InChI is InChI=1S/C18H22ClN6O3S2/c1-25(17-20-11-16(30-17)24(27)28)9-8-23(18(25)29)22-6-4-21(5-7-22)14-3-2-13(12-26)15(19)10-14/h2-3,10-11,26H,4-9,12H2,1H3/q+1. The van der Waals surface area contributed by atoms with E-state index in [9.17, 15) is 15.2 Å². The molecule has 9 nitrogen and oxygen atoms in total. The maximum absolute atomic E-state index is 11.0. The predicted octanol–water partition coefficient (Wildman–Crippen LogP) is 2.47. The number of benzene rings is 1. The summed E-state index contributed by atoms with van der Waals surface area (Å²) in [6.07, 6.45) is 1.31. The van der Waals surface area contributed by atoms with E-state index in [0.717, 1.165) is 61.9 Å². The molecule has 0 amide bonds. The second-order valence-electron chi connectivity index (χ2n) is 7.43. The number of halogens is 1. The lowest BCUT2D eigenvalue weighted by molar-refractivity contribution is -0.380. The molecular formula is C18H22ClN6O3S2+. The highest BCUT2D eigenvalue weighted by Gasteiger charge is 2.47. The van der Waals surface area contributed by atoms with Gasteiger partial charge in [-0.05, 0) is 17.7 Å². The van der Waals surface area contributed by atoms with Crippen molar-refractivity contribution in [1.29, 1.82) is 0 Å². The molecule has 1 unspecified atom stereocenters. The summed E-state index contributed by atoms with van der Waals surface area (Å²) in [5.74, 6) is 0. The third-order valence-corrected chi connectivity index (χ3v) is 7.78. The third-order valence-electron chi connectivity index (χ3n) is 5.66. The van der Waals surface area contributed by atoms with Crippen LogP contribution in [0.1, 0.15) is 5.56 Å². The van der Waals surface area contributed by atoms with Gasteiger partial charge in [-0.1, -0.05) is 17.7 Å². The Morgan fingerprint density at radius 2 is 2.07 bits per heavy atom. The summed E-state index contributed by atoms with van der Waals surface area (Å²) in [7, 11) is 1.96. The zero-order valence-electron chi connectivity index (χ0n) is 16.4. The summed E-state index contributed by atoms with van der Waals surface area (Å²) in [6, 6.07) is 5.74. The largest absolute Gasteiger partial charge is 0.392 e. The maximum atomic E-state index is 11.0. The van der Waals surface area contributed by atoms with E-state index >= 15 is 0 Å². The first-order chi connectivity index (χ1) is 14.3. The van der Waals surface area contributed by atoms with Crippen LogP contribution in [0.4, 0.5) is 15.8 Å². The number of aromatic nitrogens is 1. The molecule has 2 fully saturated rings. The number of piperazine rings is 1. The number of aliphatic hydroxyl groups excluding tert-OH is 1. The smallest absolute Gasteiger partial charge is 0.349 e. The molecule has 2 aliphatic heterocycles. The van der Waals surface area contributed by atoms with Gasteiger partial charge in [-0.25, -0.2) is 14.5 Å². The molecule has 30 heavy (non-hydrogen) atoms. The molecule has 1 aromatic heterocycles. The van der Waals surface area contributed by atoms with E-state index in [1.807, 2.05) is 25.2 Å². The van der Waals surface area contributed by atoms with Crippen molar-refractivity contribution in [3.63, 3.8) is 0 Å². The molecule has 2 aliphatic rings. The van der Waals surface area contributed by atoms with E-state index in [-0.39, 0.29) is 11.6 Å². The fourth-order valence-corrected chi connectivity index (χ4v) is 5.34. The van der Waals surface area contributed by atoms with Gasteiger partial charge in [0.25, 0.3) is 10.2 Å². The number of rotatable bonds is 5. The molecule has 1 N–H and O–H groups in total. The van der Waals surface area contributed by atoms with Crippen molar-refractivity contribution in [2.45, 2.75) is 6.61 Å². The number of hydrazine groups is 1. The van der Waals surface area contributed by atoms with Gasteiger partial charge in [-0.3, -0.25) is 10.1 Å². The second-order valence-corrected chi connectivity index (χ2v) is 9.19. The first-order valence-electron chi connectivity index (χ1n) is 9.51. The summed E-state index contributed by atoms with van der Waals surface area (Å²) in [5.41, 5.74) is 1.76. The van der Waals surface area contributed by atoms with Gasteiger partial charge in [-0.15, -0.1) is 0 Å². The van der Waals surface area contributed by atoms with Gasteiger partial charge < -0.3 is 10.0 Å². The Labute approximate surface area is 188 Å². The highest BCUT2D eigenvalue weighted by molar-refractivity contribution is 7.80. The molecular weight excluding hydrogens is 448 g/mol. The van der Waals surface area contributed by atoms with E-state index in [4.69, 9.17) is 23.8 Å². The Kier molecular flexibility index (Phi) is 5.93. The van der Waals surface area contributed by atoms with Crippen LogP contribution in [0.2, 0.25) is 5.02 Å². The van der Waals surface area contributed by atoms with Crippen LogP contribution >= 0.6 is 35.2 Å². The molecule has 0 spiro atoms. The van der Waals surface area contributed by atoms with Crippen LogP contribution in [0, 0.1) is 10.1 Å². The van der Waals surface area contributed by atoms with E-state index in [2.05, 4.69) is 19.9 Å². The monoisotopic (exact) mass is 469 g/mol. The average Bonchev–Trinajstić information content (AvgIpc) is 3.35. The number of aliphatic hydroxyl groups is 1. The molecule has 2 aromatic rings. The van der Waals surface area contributed by atoms with Crippen LogP contribution in [0.25, 0.3) is 0 Å². The quantitative estimate of drug-likeness (QED) is 0.309. The summed E-state index contributed by atoms with van der Waals surface area (Å²) in [5, 5.41) is 26.6. The molecule has 3 heterocycles. The van der Waals surface area contributed by atoms with Crippen molar-refractivity contribution in [1.82, 2.24) is 19.5 Å². The van der Waals surface area contributed by atoms with Gasteiger partial charge in [0.1, 0.15) is 12.7 Å². The zero-order chi connectivity index (χ0) is 21.5. The predicted molar refractivity (Wildman–Crippen MR) is 122 cm³/mol. The van der Waals surface area contributed by atoms with Crippen molar-refractivity contribution < 1.29 is 10.0 Å². The van der Waals surface area contributed by atoms with Gasteiger partial charge in [0.15, 0.2) is 0 Å². The minimum absolute atomic E-state index is 0.0325. The lowest BCUT2D eigenvalue weighted by Gasteiger charge is -2.40. The summed E-state index contributed by atoms with van der Waals surface area (Å²) in [4.78, 5) is 17.1. The Morgan fingerprint density at radius 3 is 2.67 bits per heavy atom. The van der Waals surface area contributed by atoms with E-state index in [1.54, 1.807) is 0 Å². The molecule has 2 saturated heterocycles. The summed E-state index contributed by atoms with van der Waals surface area (Å²) < 4.78 is 0.312. The highest BCUT2D eigenvalue weighted by Crippen LogP contribution is 2.35. The summed E-state index contributed by atoms with van der Waals surface area (Å²) in [6.45, 7) is 4.65. The summed E-state index contributed by atoms with van der Waals surface area (Å²) >= 11 is 13.1. The van der Waals surface area contributed by atoms with Crippen molar-refractivity contribution in [3.8, 4) is 0 Å². The van der Waals surface area contributed by atoms with Crippen LogP contribution < -0.4 is 9.38 Å². The average molecular weight is 470 g/mol. The van der Waals surface area contributed by atoms with Crippen LogP contribution in [0.3, 0.4) is 0 Å². The molecule has 0 saturated carbocycles. The van der Waals surface area contributed by atoms with Crippen LogP contribution in [-0.4, -0.2) is 76.5 Å². The van der Waals surface area contributed by atoms with Crippen LogP contribution in [0.15, 0.2) is 24.4 Å². The fourth-order valence-electron chi connectivity index (χ4n) is 3.81. The second kappa shape index (κ2) is 8.33. The lowest BCUT2D eigenvalue weighted by Crippen LogP contribution is -2.57. The van der Waals surface area contributed by atoms with Crippen LogP contribution in [-0.2, 0) is 6.61 Å². The lowest BCUT2D eigenvalue weighted by atomic mass is 10.2. The molecule has 1 aromatic carbocycles. The van der Waals surface area contributed by atoms with Gasteiger partial charge in [0.2, 0.25) is 0 Å². The Morgan fingerprint density at radius 1 is 1.33 bits per heavy atom. The van der Waals surface area contributed by atoms with Crippen molar-refractivity contribution >= 4 is 56.1 Å². The number of thiazole rings is 1. The van der Waals surface area contributed by atoms with E-state index in [1.165, 1.54) is 6.20 Å². The van der Waals surface area contributed by atoms with Gasteiger partial charge in [0, 0.05) is 60.4 Å². The number of hydrogen-bond donors (Lipinski definition) is 1. The number of anilines is 1. The van der Waals surface area contributed by atoms with E-state index in [0.29, 0.717) is 19.7 Å². The number of nitro groups is 1. The van der Waals surface area contributed by atoms with E-state index < -0.39 is 4.92 Å². The number of quaternary nitrogens is 1. The SMILES string of the molecule is C[N+]1(c2ncc([N+](=O)[O-])s2)CCN(N2CCN(c3ccc(CO)c(Cl)c3)CC2)C1=S. The fraction of sp³-hybridized carbons (Fsp3) is 0.444. The third kappa shape index (κ3) is 3.77. The molecule has 4 rings (SSSR count). The number of hydrogen-bond acceptors (Lipinski definition) is 8. The van der Waals surface area contributed by atoms with Crippen molar-refractivity contribution in [2.75, 3.05) is 51.2 Å². The normalized spacial score (nSPS) is 22.7. The minimum Gasteiger partial charge on any atom is -0.392 e. The molecule has 0 bridgehead atoms. The molecule has 0 radical (unpaired) electrons.